The molecule has 2 amide bonds. The van der Waals surface area contributed by atoms with E-state index in [1.807, 2.05) is 55.1 Å². The van der Waals surface area contributed by atoms with Crippen molar-refractivity contribution in [1.29, 1.82) is 0 Å². The molecule has 2 heterocycles. The van der Waals surface area contributed by atoms with Crippen LogP contribution in [-0.4, -0.2) is 54.5 Å². The first-order valence-corrected chi connectivity index (χ1v) is 10.7. The van der Waals surface area contributed by atoms with Crippen molar-refractivity contribution in [2.45, 2.75) is 32.9 Å². The minimum atomic E-state index is -0.270. The van der Waals surface area contributed by atoms with Gasteiger partial charge in [-0.1, -0.05) is 36.4 Å². The summed E-state index contributed by atoms with van der Waals surface area (Å²) in [6.45, 7) is 5.79. The first-order chi connectivity index (χ1) is 15.0. The van der Waals surface area contributed by atoms with Gasteiger partial charge in [0.15, 0.2) is 0 Å². The van der Waals surface area contributed by atoms with E-state index in [1.54, 1.807) is 7.11 Å². The van der Waals surface area contributed by atoms with Crippen molar-refractivity contribution in [3.8, 4) is 5.75 Å². The predicted octanol–water partition coefficient (Wildman–Crippen LogP) is 3.26. The van der Waals surface area contributed by atoms with Crippen LogP contribution in [0.5, 0.6) is 5.75 Å². The zero-order valence-electron chi connectivity index (χ0n) is 18.3. The van der Waals surface area contributed by atoms with Gasteiger partial charge in [-0.2, -0.15) is 0 Å². The highest BCUT2D eigenvalue weighted by molar-refractivity contribution is 6.35. The molecule has 0 unspecified atom stereocenters. The lowest BCUT2D eigenvalue weighted by Gasteiger charge is -2.31. The van der Waals surface area contributed by atoms with Gasteiger partial charge in [-0.25, -0.2) is 0 Å². The van der Waals surface area contributed by atoms with Gasteiger partial charge in [-0.3, -0.25) is 14.5 Å². The standard InChI is InChI=1S/C25H28N2O4/c1-17(2)31-21-10-8-19(9-11-21)22-23(25(29)27(24(22)28)14-15-30-3)26-13-12-18-6-4-5-7-20(18)16-26/h4-11,17H,12-16H2,1-3H3. The summed E-state index contributed by atoms with van der Waals surface area (Å²) < 4.78 is 10.9. The fraction of sp³-hybridized carbons (Fsp3) is 0.360. The largest absolute Gasteiger partial charge is 0.491 e. The molecule has 6 heteroatoms. The van der Waals surface area contributed by atoms with Gasteiger partial charge in [0.05, 0.1) is 24.8 Å². The molecule has 0 saturated carbocycles. The SMILES string of the molecule is COCCN1C(=O)C(c2ccc(OC(C)C)cc2)=C(N2CCc3ccccc3C2)C1=O. The Morgan fingerprint density at radius 3 is 2.35 bits per heavy atom. The Hall–Kier alpha value is -3.12. The molecule has 0 fully saturated rings. The number of hydrogen-bond acceptors (Lipinski definition) is 5. The van der Waals surface area contributed by atoms with Gasteiger partial charge >= 0.3 is 0 Å². The molecule has 162 valence electrons. The molecule has 0 atom stereocenters. The predicted molar refractivity (Wildman–Crippen MR) is 118 cm³/mol. The van der Waals surface area contributed by atoms with Crippen molar-refractivity contribution < 1.29 is 19.1 Å². The van der Waals surface area contributed by atoms with E-state index in [9.17, 15) is 9.59 Å². The van der Waals surface area contributed by atoms with Crippen molar-refractivity contribution in [2.24, 2.45) is 0 Å². The monoisotopic (exact) mass is 420 g/mol. The van der Waals surface area contributed by atoms with Crippen LogP contribution in [0.2, 0.25) is 0 Å². The van der Waals surface area contributed by atoms with Gasteiger partial charge in [0.1, 0.15) is 11.4 Å². The molecule has 0 N–H and O–H groups in total. The van der Waals surface area contributed by atoms with Crippen LogP contribution in [0.25, 0.3) is 5.57 Å². The third-order valence-corrected chi connectivity index (χ3v) is 5.62. The number of imide groups is 1. The Balaban J connectivity index is 1.72. The molecule has 0 bridgehead atoms. The van der Waals surface area contributed by atoms with Gasteiger partial charge in [-0.05, 0) is 49.1 Å². The van der Waals surface area contributed by atoms with Crippen molar-refractivity contribution in [3.63, 3.8) is 0 Å². The summed E-state index contributed by atoms with van der Waals surface area (Å²) in [6.07, 6.45) is 0.904. The fourth-order valence-corrected chi connectivity index (χ4v) is 4.16. The summed E-state index contributed by atoms with van der Waals surface area (Å²) in [7, 11) is 1.56. The molecule has 0 spiro atoms. The Morgan fingerprint density at radius 1 is 0.968 bits per heavy atom. The molecule has 4 rings (SSSR count). The summed E-state index contributed by atoms with van der Waals surface area (Å²) in [6, 6.07) is 15.7. The molecule has 2 aromatic rings. The van der Waals surface area contributed by atoms with Gasteiger partial charge < -0.3 is 14.4 Å². The smallest absolute Gasteiger partial charge is 0.277 e. The quantitative estimate of drug-likeness (QED) is 0.644. The lowest BCUT2D eigenvalue weighted by atomic mass is 9.98. The topological polar surface area (TPSA) is 59.1 Å². The van der Waals surface area contributed by atoms with Crippen LogP contribution in [0, 0.1) is 0 Å². The average molecular weight is 421 g/mol. The summed E-state index contributed by atoms with van der Waals surface area (Å²) in [5.41, 5.74) is 4.15. The van der Waals surface area contributed by atoms with E-state index in [4.69, 9.17) is 9.47 Å². The van der Waals surface area contributed by atoms with Gasteiger partial charge in [0, 0.05) is 20.2 Å². The molecule has 2 aliphatic heterocycles. The molecule has 31 heavy (non-hydrogen) atoms. The van der Waals surface area contributed by atoms with Crippen molar-refractivity contribution in [1.82, 2.24) is 9.80 Å². The minimum Gasteiger partial charge on any atom is -0.491 e. The maximum Gasteiger partial charge on any atom is 0.277 e. The van der Waals surface area contributed by atoms with Crippen LogP contribution in [0.4, 0.5) is 0 Å². The molecule has 0 aromatic heterocycles. The Morgan fingerprint density at radius 2 is 1.68 bits per heavy atom. The molecular weight excluding hydrogens is 392 g/mol. The summed E-state index contributed by atoms with van der Waals surface area (Å²) in [5, 5.41) is 0. The van der Waals surface area contributed by atoms with Gasteiger partial charge in [0.25, 0.3) is 11.8 Å². The summed E-state index contributed by atoms with van der Waals surface area (Å²) in [4.78, 5) is 30.0. The third-order valence-electron chi connectivity index (χ3n) is 5.62. The van der Waals surface area contributed by atoms with Crippen LogP contribution in [-0.2, 0) is 27.3 Å². The number of benzene rings is 2. The second-order valence-corrected chi connectivity index (χ2v) is 8.11. The number of amides is 2. The number of methoxy groups -OCH3 is 1. The first kappa shape index (κ1) is 21.1. The van der Waals surface area contributed by atoms with Crippen LogP contribution in [0.1, 0.15) is 30.5 Å². The summed E-state index contributed by atoms with van der Waals surface area (Å²) in [5.74, 6) is 0.216. The fourth-order valence-electron chi connectivity index (χ4n) is 4.16. The van der Waals surface area contributed by atoms with Crippen LogP contribution >= 0.6 is 0 Å². The number of carbonyl (C=O) groups is 2. The first-order valence-electron chi connectivity index (χ1n) is 10.7. The van der Waals surface area contributed by atoms with E-state index in [1.165, 1.54) is 16.0 Å². The van der Waals surface area contributed by atoms with E-state index >= 15 is 0 Å². The average Bonchev–Trinajstić information content (AvgIpc) is 3.01. The number of carbonyl (C=O) groups excluding carboxylic acids is 2. The van der Waals surface area contributed by atoms with E-state index in [2.05, 4.69) is 12.1 Å². The van der Waals surface area contributed by atoms with E-state index in [-0.39, 0.29) is 24.5 Å². The maximum atomic E-state index is 13.4. The maximum absolute atomic E-state index is 13.4. The van der Waals surface area contributed by atoms with E-state index < -0.39 is 0 Å². The van der Waals surface area contributed by atoms with Crippen LogP contribution in [0.3, 0.4) is 0 Å². The van der Waals surface area contributed by atoms with Crippen molar-refractivity contribution >= 4 is 17.4 Å². The Labute approximate surface area is 183 Å². The van der Waals surface area contributed by atoms with Crippen LogP contribution < -0.4 is 4.74 Å². The zero-order chi connectivity index (χ0) is 22.0. The normalized spacial score (nSPS) is 16.4. The zero-order valence-corrected chi connectivity index (χ0v) is 18.3. The van der Waals surface area contributed by atoms with E-state index in [0.717, 1.165) is 17.7 Å². The number of rotatable bonds is 7. The lowest BCUT2D eigenvalue weighted by Crippen LogP contribution is -2.38. The van der Waals surface area contributed by atoms with Gasteiger partial charge in [-0.15, -0.1) is 0 Å². The van der Waals surface area contributed by atoms with Crippen molar-refractivity contribution in [3.05, 3.63) is 70.9 Å². The van der Waals surface area contributed by atoms with Crippen molar-refractivity contribution in [2.75, 3.05) is 26.8 Å². The molecule has 6 nitrogen and oxygen atoms in total. The molecule has 0 saturated heterocycles. The number of hydrogen-bond donors (Lipinski definition) is 0. The molecule has 2 aliphatic rings. The minimum absolute atomic E-state index is 0.0632. The van der Waals surface area contributed by atoms with E-state index in [0.29, 0.717) is 31.0 Å². The second-order valence-electron chi connectivity index (χ2n) is 8.11. The van der Waals surface area contributed by atoms with Gasteiger partial charge in [0.2, 0.25) is 0 Å². The highest BCUT2D eigenvalue weighted by Crippen LogP contribution is 2.35. The molecule has 2 aromatic carbocycles. The number of nitrogens with zero attached hydrogens (tertiary/aromatic N) is 2. The highest BCUT2D eigenvalue weighted by atomic mass is 16.5. The summed E-state index contributed by atoms with van der Waals surface area (Å²) >= 11 is 0. The highest BCUT2D eigenvalue weighted by Gasteiger charge is 2.41. The second kappa shape index (κ2) is 8.94. The molecule has 0 aliphatic carbocycles. The Bertz CT molecular complexity index is 1010. The molecule has 0 radical (unpaired) electrons. The Kier molecular flexibility index (Phi) is 6.09. The molecular formula is C25H28N2O4. The third kappa shape index (κ3) is 4.21. The number of ether oxygens (including phenoxy) is 2. The van der Waals surface area contributed by atoms with Crippen LogP contribution in [0.15, 0.2) is 54.2 Å². The number of fused-ring (bicyclic) bond motifs is 1. The lowest BCUT2D eigenvalue weighted by molar-refractivity contribution is -0.138.